The Kier molecular flexibility index (Phi) is 3.40. The molecule has 21 heavy (non-hydrogen) atoms. The lowest BCUT2D eigenvalue weighted by Gasteiger charge is -2.05. The molecule has 1 atom stereocenters. The first-order valence-corrected chi connectivity index (χ1v) is 6.43. The maximum atomic E-state index is 12.4. The maximum Gasteiger partial charge on any atom is 0.315 e. The predicted octanol–water partition coefficient (Wildman–Crippen LogP) is 3.13. The zero-order valence-corrected chi connectivity index (χ0v) is 11.2. The molecule has 110 valence electrons. The average molecular weight is 294 g/mol. The van der Waals surface area contributed by atoms with Gasteiger partial charge in [-0.1, -0.05) is 17.3 Å². The smallest absolute Gasteiger partial charge is 0.315 e. The van der Waals surface area contributed by atoms with Gasteiger partial charge in [-0.15, -0.1) is 0 Å². The Morgan fingerprint density at radius 3 is 2.95 bits per heavy atom. The van der Waals surface area contributed by atoms with Crippen molar-refractivity contribution in [1.29, 1.82) is 0 Å². The standard InChI is InChI=1S/C14H12F2N2O3/c1-7(19)4-9-6-20-11-5-8(2-3-10(9)11)13-17-14(12(15)16)21-18-13/h2-3,5,9,12H,4,6H2,1H3/t9-/m1/s1. The minimum absolute atomic E-state index is 0.0356. The van der Waals surface area contributed by atoms with Crippen molar-refractivity contribution in [2.75, 3.05) is 6.61 Å². The normalized spacial score (nSPS) is 16.9. The first kappa shape index (κ1) is 13.7. The van der Waals surface area contributed by atoms with E-state index >= 15 is 0 Å². The summed E-state index contributed by atoms with van der Waals surface area (Å²) in [4.78, 5) is 14.8. The van der Waals surface area contributed by atoms with Crippen LogP contribution < -0.4 is 4.74 Å². The van der Waals surface area contributed by atoms with Gasteiger partial charge in [0.1, 0.15) is 11.5 Å². The van der Waals surface area contributed by atoms with Crippen LogP contribution in [0.2, 0.25) is 0 Å². The van der Waals surface area contributed by atoms with Crippen molar-refractivity contribution in [3.8, 4) is 17.1 Å². The number of Topliss-reactive ketones (excluding diaryl/α,β-unsaturated/α-hetero) is 1. The van der Waals surface area contributed by atoms with Crippen LogP contribution in [0.25, 0.3) is 11.4 Å². The van der Waals surface area contributed by atoms with Gasteiger partial charge in [-0.2, -0.15) is 13.8 Å². The number of aromatic nitrogens is 2. The first-order chi connectivity index (χ1) is 10.0. The summed E-state index contributed by atoms with van der Waals surface area (Å²) in [5, 5.41) is 3.52. The fraction of sp³-hybridized carbons (Fsp3) is 0.357. The zero-order valence-electron chi connectivity index (χ0n) is 11.2. The molecule has 0 fully saturated rings. The number of alkyl halides is 2. The van der Waals surface area contributed by atoms with Crippen LogP contribution in [0.1, 0.15) is 37.1 Å². The summed E-state index contributed by atoms with van der Waals surface area (Å²) in [6.45, 7) is 1.98. The number of ketones is 1. The Morgan fingerprint density at radius 1 is 1.48 bits per heavy atom. The number of carbonyl (C=O) groups excluding carboxylic acids is 1. The second kappa shape index (κ2) is 5.23. The van der Waals surface area contributed by atoms with Crippen molar-refractivity contribution in [3.05, 3.63) is 29.7 Å². The van der Waals surface area contributed by atoms with E-state index < -0.39 is 12.3 Å². The van der Waals surface area contributed by atoms with Crippen molar-refractivity contribution in [2.24, 2.45) is 0 Å². The van der Waals surface area contributed by atoms with Gasteiger partial charge in [0.15, 0.2) is 0 Å². The van der Waals surface area contributed by atoms with Crippen molar-refractivity contribution < 1.29 is 22.8 Å². The zero-order chi connectivity index (χ0) is 15.0. The molecule has 3 rings (SSSR count). The highest BCUT2D eigenvalue weighted by atomic mass is 19.3. The highest BCUT2D eigenvalue weighted by Gasteiger charge is 2.26. The molecule has 0 radical (unpaired) electrons. The van der Waals surface area contributed by atoms with Gasteiger partial charge in [0.05, 0.1) is 6.61 Å². The SMILES string of the molecule is CC(=O)C[C@@H]1COc2cc(-c3noc(C(F)F)n3)ccc21. The summed E-state index contributed by atoms with van der Waals surface area (Å²) in [7, 11) is 0. The van der Waals surface area contributed by atoms with Gasteiger partial charge in [-0.3, -0.25) is 0 Å². The highest BCUT2D eigenvalue weighted by molar-refractivity contribution is 5.77. The fourth-order valence-corrected chi connectivity index (χ4v) is 2.37. The van der Waals surface area contributed by atoms with Crippen molar-refractivity contribution in [2.45, 2.75) is 25.7 Å². The maximum absolute atomic E-state index is 12.4. The third kappa shape index (κ3) is 2.63. The first-order valence-electron chi connectivity index (χ1n) is 6.43. The van der Waals surface area contributed by atoms with Gasteiger partial charge < -0.3 is 14.1 Å². The lowest BCUT2D eigenvalue weighted by molar-refractivity contribution is -0.117. The van der Waals surface area contributed by atoms with Gasteiger partial charge in [0.2, 0.25) is 5.82 Å². The third-order valence-corrected chi connectivity index (χ3v) is 3.31. The summed E-state index contributed by atoms with van der Waals surface area (Å²) >= 11 is 0. The Balaban J connectivity index is 1.88. The van der Waals surface area contributed by atoms with E-state index in [-0.39, 0.29) is 17.5 Å². The predicted molar refractivity (Wildman–Crippen MR) is 68.2 cm³/mol. The van der Waals surface area contributed by atoms with Crippen LogP contribution in [0.5, 0.6) is 5.75 Å². The summed E-state index contributed by atoms with van der Waals surface area (Å²) in [6, 6.07) is 5.19. The molecule has 1 aliphatic rings. The molecule has 1 aromatic heterocycles. The van der Waals surface area contributed by atoms with E-state index in [1.54, 1.807) is 12.1 Å². The van der Waals surface area contributed by atoms with E-state index in [2.05, 4.69) is 14.7 Å². The monoisotopic (exact) mass is 294 g/mol. The number of rotatable bonds is 4. The number of carbonyl (C=O) groups is 1. The van der Waals surface area contributed by atoms with Crippen molar-refractivity contribution >= 4 is 5.78 Å². The van der Waals surface area contributed by atoms with Crippen LogP contribution in [0.3, 0.4) is 0 Å². The number of fused-ring (bicyclic) bond motifs is 1. The molecule has 0 spiro atoms. The van der Waals surface area contributed by atoms with Crippen molar-refractivity contribution in [3.63, 3.8) is 0 Å². The van der Waals surface area contributed by atoms with Crippen LogP contribution >= 0.6 is 0 Å². The molecule has 0 amide bonds. The lowest BCUT2D eigenvalue weighted by atomic mass is 9.95. The molecule has 5 nitrogen and oxygen atoms in total. The van der Waals surface area contributed by atoms with E-state index in [9.17, 15) is 13.6 Å². The van der Waals surface area contributed by atoms with Crippen LogP contribution in [-0.4, -0.2) is 22.5 Å². The van der Waals surface area contributed by atoms with Crippen LogP contribution in [0.4, 0.5) is 8.78 Å². The molecule has 7 heteroatoms. The number of hydrogen-bond donors (Lipinski definition) is 0. The Morgan fingerprint density at radius 2 is 2.29 bits per heavy atom. The summed E-state index contributed by atoms with van der Waals surface area (Å²) < 4.78 is 34.9. The largest absolute Gasteiger partial charge is 0.493 e. The number of ether oxygens (including phenoxy) is 1. The number of halogens is 2. The Hall–Kier alpha value is -2.31. The molecule has 0 saturated heterocycles. The molecule has 0 aliphatic carbocycles. The van der Waals surface area contributed by atoms with Gasteiger partial charge in [0.25, 0.3) is 5.89 Å². The molecular formula is C14H12F2N2O3. The molecular weight excluding hydrogens is 282 g/mol. The van der Waals surface area contributed by atoms with E-state index in [1.165, 1.54) is 6.92 Å². The molecule has 1 aliphatic heterocycles. The van der Waals surface area contributed by atoms with Crippen molar-refractivity contribution in [1.82, 2.24) is 10.1 Å². The molecule has 0 unspecified atom stereocenters. The second-order valence-electron chi connectivity index (χ2n) is 4.92. The Labute approximate surface area is 118 Å². The van der Waals surface area contributed by atoms with E-state index in [0.717, 1.165) is 5.56 Å². The van der Waals surface area contributed by atoms with E-state index in [1.807, 2.05) is 6.07 Å². The summed E-state index contributed by atoms with van der Waals surface area (Å²) in [5.74, 6) is 0.142. The van der Waals surface area contributed by atoms with Crippen LogP contribution in [-0.2, 0) is 4.79 Å². The lowest BCUT2D eigenvalue weighted by Crippen LogP contribution is -2.05. The van der Waals surface area contributed by atoms with Crippen LogP contribution in [0, 0.1) is 0 Å². The topological polar surface area (TPSA) is 65.2 Å². The molecule has 2 heterocycles. The van der Waals surface area contributed by atoms with Gasteiger partial charge in [-0.05, 0) is 13.0 Å². The quantitative estimate of drug-likeness (QED) is 0.866. The second-order valence-corrected chi connectivity index (χ2v) is 4.92. The van der Waals surface area contributed by atoms with Crippen LogP contribution in [0.15, 0.2) is 22.7 Å². The number of nitrogens with zero attached hydrogens (tertiary/aromatic N) is 2. The number of hydrogen-bond acceptors (Lipinski definition) is 5. The minimum Gasteiger partial charge on any atom is -0.493 e. The summed E-state index contributed by atoms with van der Waals surface area (Å²) in [6.07, 6.45) is -2.37. The Bertz CT molecular complexity index is 685. The minimum atomic E-state index is -2.79. The van der Waals surface area contributed by atoms with Gasteiger partial charge >= 0.3 is 6.43 Å². The molecule has 1 aromatic carbocycles. The fourth-order valence-electron chi connectivity index (χ4n) is 2.37. The molecule has 0 bridgehead atoms. The average Bonchev–Trinajstić information content (AvgIpc) is 3.05. The highest BCUT2D eigenvalue weighted by Crippen LogP contribution is 2.38. The molecule has 2 aromatic rings. The van der Waals surface area contributed by atoms with Gasteiger partial charge in [-0.25, -0.2) is 0 Å². The molecule has 0 N–H and O–H groups in total. The van der Waals surface area contributed by atoms with E-state index in [0.29, 0.717) is 24.3 Å². The van der Waals surface area contributed by atoms with E-state index in [4.69, 9.17) is 4.74 Å². The van der Waals surface area contributed by atoms with Gasteiger partial charge in [0, 0.05) is 23.5 Å². The number of benzene rings is 1. The summed E-state index contributed by atoms with van der Waals surface area (Å²) in [5.41, 5.74) is 1.47. The molecule has 0 saturated carbocycles. The third-order valence-electron chi connectivity index (χ3n) is 3.31.